The average Bonchev–Trinajstić information content (AvgIpc) is 3.05. The summed E-state index contributed by atoms with van der Waals surface area (Å²) in [7, 11) is 1.43. The Hall–Kier alpha value is -4.16. The van der Waals surface area contributed by atoms with Gasteiger partial charge in [0, 0.05) is 31.3 Å². The maximum atomic E-state index is 15.2. The molecule has 1 fully saturated rings. The number of rotatable bonds is 11. The summed E-state index contributed by atoms with van der Waals surface area (Å²) in [4.78, 5) is 40.6. The summed E-state index contributed by atoms with van der Waals surface area (Å²) in [5, 5.41) is 0.580. The molecule has 0 saturated carbocycles. The molecule has 0 aliphatic carbocycles. The van der Waals surface area contributed by atoms with E-state index in [1.807, 2.05) is 0 Å². The van der Waals surface area contributed by atoms with Crippen LogP contribution in [0.5, 0.6) is 23.0 Å². The van der Waals surface area contributed by atoms with Gasteiger partial charge in [-0.25, -0.2) is 18.0 Å². The lowest BCUT2D eigenvalue weighted by Gasteiger charge is -2.31. The molecule has 0 spiro atoms. The van der Waals surface area contributed by atoms with E-state index in [1.54, 1.807) is 35.2 Å². The number of amides is 1. The van der Waals surface area contributed by atoms with Gasteiger partial charge in [-0.3, -0.25) is 18.7 Å². The second-order valence-corrected chi connectivity index (χ2v) is 11.2. The van der Waals surface area contributed by atoms with E-state index < -0.39 is 48.3 Å². The number of piperidine rings is 1. The zero-order valence-electron chi connectivity index (χ0n) is 24.0. The Labute approximate surface area is 265 Å². The molecule has 5 rings (SSSR count). The summed E-state index contributed by atoms with van der Waals surface area (Å²) in [5.41, 5.74) is -0.933. The molecular weight excluding hydrogens is 638 g/mol. The molecule has 9 nitrogen and oxygen atoms in total. The first-order valence-electron chi connectivity index (χ1n) is 13.9. The van der Waals surface area contributed by atoms with E-state index in [-0.39, 0.29) is 17.4 Å². The molecule has 1 aliphatic heterocycles. The highest BCUT2D eigenvalue weighted by Crippen LogP contribution is 2.35. The maximum Gasteiger partial charge on any atom is 0.332 e. The molecule has 1 saturated heterocycles. The van der Waals surface area contributed by atoms with Gasteiger partial charge in [-0.15, -0.1) is 0 Å². The Morgan fingerprint density at radius 3 is 2.33 bits per heavy atom. The van der Waals surface area contributed by atoms with E-state index in [0.29, 0.717) is 58.8 Å². The fourth-order valence-corrected chi connectivity index (χ4v) is 5.53. The van der Waals surface area contributed by atoms with Gasteiger partial charge < -0.3 is 19.1 Å². The van der Waals surface area contributed by atoms with Crippen molar-refractivity contribution >= 4 is 40.5 Å². The number of hydrogen-bond acceptors (Lipinski definition) is 6. The van der Waals surface area contributed by atoms with Gasteiger partial charge in [-0.1, -0.05) is 29.3 Å². The third-order valence-corrected chi connectivity index (χ3v) is 8.30. The number of hydrogen-bond donors (Lipinski definition) is 0. The van der Waals surface area contributed by atoms with Gasteiger partial charge in [-0.05, 0) is 48.7 Å². The van der Waals surface area contributed by atoms with Crippen LogP contribution >= 0.6 is 23.2 Å². The molecular formula is C31H28Cl2F3N3O6. The molecule has 3 aromatic carbocycles. The van der Waals surface area contributed by atoms with Crippen molar-refractivity contribution < 1.29 is 32.2 Å². The minimum absolute atomic E-state index is 0.00986. The van der Waals surface area contributed by atoms with Crippen LogP contribution in [0.3, 0.4) is 0 Å². The minimum Gasteiger partial charge on any atom is -0.493 e. The van der Waals surface area contributed by atoms with Crippen LogP contribution in [0.1, 0.15) is 24.4 Å². The molecule has 0 N–H and O–H groups in total. The normalized spacial score (nSPS) is 13.8. The van der Waals surface area contributed by atoms with E-state index in [1.165, 1.54) is 17.7 Å². The van der Waals surface area contributed by atoms with Crippen LogP contribution in [0.2, 0.25) is 10.0 Å². The van der Waals surface area contributed by atoms with Gasteiger partial charge >= 0.3 is 5.69 Å². The van der Waals surface area contributed by atoms with Crippen LogP contribution in [0, 0.1) is 5.82 Å². The number of carbonyl (C=O) groups is 1. The van der Waals surface area contributed by atoms with Crippen LogP contribution in [-0.2, 0) is 11.3 Å². The van der Waals surface area contributed by atoms with E-state index in [9.17, 15) is 23.2 Å². The number of aromatic nitrogens is 2. The third-order valence-electron chi connectivity index (χ3n) is 7.56. The van der Waals surface area contributed by atoms with E-state index >= 15 is 4.39 Å². The maximum absolute atomic E-state index is 15.2. The van der Waals surface area contributed by atoms with Crippen molar-refractivity contribution in [3.05, 3.63) is 90.8 Å². The Morgan fingerprint density at radius 1 is 0.956 bits per heavy atom. The van der Waals surface area contributed by atoms with Gasteiger partial charge in [0.15, 0.2) is 29.2 Å². The molecule has 238 valence electrons. The molecule has 2 heterocycles. The fraction of sp³-hybridized carbons (Fsp3) is 0.323. The predicted octanol–water partition coefficient (Wildman–Crippen LogP) is 5.94. The molecule has 45 heavy (non-hydrogen) atoms. The van der Waals surface area contributed by atoms with Crippen LogP contribution in [0.15, 0.2) is 58.1 Å². The second kappa shape index (κ2) is 13.9. The molecule has 0 unspecified atom stereocenters. The number of ether oxygens (including phenoxy) is 3. The van der Waals surface area contributed by atoms with Gasteiger partial charge in [0.25, 0.3) is 5.56 Å². The summed E-state index contributed by atoms with van der Waals surface area (Å²) in [6.45, 7) is -1.90. The van der Waals surface area contributed by atoms with Crippen molar-refractivity contribution in [3.63, 3.8) is 0 Å². The minimum atomic E-state index is -1.56. The quantitative estimate of drug-likeness (QED) is 0.184. The van der Waals surface area contributed by atoms with Crippen molar-refractivity contribution in [2.75, 3.05) is 33.5 Å². The Kier molecular flexibility index (Phi) is 9.93. The zero-order chi connectivity index (χ0) is 32.2. The summed E-state index contributed by atoms with van der Waals surface area (Å²) >= 11 is 12.1. The van der Waals surface area contributed by atoms with Crippen LogP contribution < -0.4 is 25.5 Å². The van der Waals surface area contributed by atoms with E-state index in [0.717, 1.165) is 23.1 Å². The lowest BCUT2D eigenvalue weighted by atomic mass is 10.0. The summed E-state index contributed by atoms with van der Waals surface area (Å²) in [5.74, 6) is -0.462. The molecule has 4 aromatic rings. The Balaban J connectivity index is 1.58. The van der Waals surface area contributed by atoms with Crippen molar-refractivity contribution in [3.8, 4) is 23.0 Å². The Morgan fingerprint density at radius 2 is 1.69 bits per heavy atom. The van der Waals surface area contributed by atoms with Gasteiger partial charge in [0.1, 0.15) is 19.1 Å². The number of fused-ring (bicyclic) bond motifs is 1. The average molecular weight is 666 g/mol. The predicted molar refractivity (Wildman–Crippen MR) is 163 cm³/mol. The van der Waals surface area contributed by atoms with Crippen molar-refractivity contribution in [2.45, 2.75) is 31.5 Å². The lowest BCUT2D eigenvalue weighted by Crippen LogP contribution is -2.44. The molecule has 1 aliphatic rings. The van der Waals surface area contributed by atoms with Crippen LogP contribution in [0.4, 0.5) is 13.2 Å². The first kappa shape index (κ1) is 32.2. The highest BCUT2D eigenvalue weighted by atomic mass is 35.5. The Bertz CT molecular complexity index is 1840. The number of benzene rings is 3. The highest BCUT2D eigenvalue weighted by molar-refractivity contribution is 6.42. The van der Waals surface area contributed by atoms with Crippen molar-refractivity contribution in [2.24, 2.45) is 0 Å². The first-order valence-corrected chi connectivity index (χ1v) is 14.7. The largest absolute Gasteiger partial charge is 0.493 e. The summed E-state index contributed by atoms with van der Waals surface area (Å²) < 4.78 is 60.4. The molecule has 0 radical (unpaired) electrons. The molecule has 14 heteroatoms. The number of likely N-dealkylation sites (tertiary alicyclic amines) is 1. The van der Waals surface area contributed by atoms with Crippen LogP contribution in [-0.4, -0.2) is 60.1 Å². The second-order valence-electron chi connectivity index (χ2n) is 10.4. The molecule has 1 aromatic heterocycles. The van der Waals surface area contributed by atoms with Crippen LogP contribution in [0.25, 0.3) is 10.9 Å². The fourth-order valence-electron chi connectivity index (χ4n) is 5.24. The summed E-state index contributed by atoms with van der Waals surface area (Å²) in [6.07, 6.45) is -0.0801. The highest BCUT2D eigenvalue weighted by Gasteiger charge is 2.26. The number of halogens is 5. The monoisotopic (exact) mass is 665 g/mol. The number of nitrogens with zero attached hydrogens (tertiary/aromatic N) is 3. The van der Waals surface area contributed by atoms with Crippen molar-refractivity contribution in [1.82, 2.24) is 14.0 Å². The van der Waals surface area contributed by atoms with Gasteiger partial charge in [-0.2, -0.15) is 0 Å². The molecule has 0 bridgehead atoms. The lowest BCUT2D eigenvalue weighted by molar-refractivity contribution is -0.119. The number of carbonyl (C=O) groups excluding carboxylic acids is 1. The standard InChI is InChI=1S/C31H28Cl2F3N3O6/c1-43-29-10-18(2-5-27(29)44-20-3-4-23(32)24(33)11-20)16-38-30(41)22-12-28(45-21(14-34)15-35)25(36)13-26(22)39(31(38)42)19-6-8-37(17-40)9-7-19/h2-5,10-13,17,19,21H,6-9,14-16H2,1H3. The van der Waals surface area contributed by atoms with Gasteiger partial charge in [0.2, 0.25) is 6.41 Å². The van der Waals surface area contributed by atoms with Gasteiger partial charge in [0.05, 0.1) is 34.6 Å². The number of alkyl halides is 2. The van der Waals surface area contributed by atoms with E-state index in [2.05, 4.69) is 0 Å². The SMILES string of the molecule is COc1cc(Cn2c(=O)c3cc(OC(CF)CF)c(F)cc3n(C3CCN(C=O)CC3)c2=O)ccc1Oc1ccc(Cl)c(Cl)c1. The zero-order valence-corrected chi connectivity index (χ0v) is 25.5. The molecule has 1 amide bonds. The smallest absolute Gasteiger partial charge is 0.332 e. The van der Waals surface area contributed by atoms with Crippen molar-refractivity contribution in [1.29, 1.82) is 0 Å². The van der Waals surface area contributed by atoms with E-state index in [4.69, 9.17) is 37.4 Å². The number of methoxy groups -OCH3 is 1. The summed E-state index contributed by atoms with van der Waals surface area (Å²) in [6, 6.07) is 11.2. The topological polar surface area (TPSA) is 92.0 Å². The third kappa shape index (κ3) is 6.76. The first-order chi connectivity index (χ1) is 21.7. The molecule has 0 atom stereocenters.